The van der Waals surface area contributed by atoms with E-state index in [1.807, 2.05) is 29.8 Å². The molecule has 0 atom stereocenters. The molecule has 25 heavy (non-hydrogen) atoms. The van der Waals surface area contributed by atoms with E-state index in [0.29, 0.717) is 12.5 Å². The van der Waals surface area contributed by atoms with Crippen LogP contribution in [0.1, 0.15) is 17.8 Å². The molecule has 0 unspecified atom stereocenters. The first kappa shape index (κ1) is 21.2. The molecule has 2 aromatic rings. The Labute approximate surface area is 161 Å². The fraction of sp³-hybridized carbons (Fsp3) is 0.400. The van der Waals surface area contributed by atoms with E-state index in [1.165, 1.54) is 7.05 Å². The number of pyridine rings is 1. The Hall–Kier alpha value is -1.85. The van der Waals surface area contributed by atoms with Crippen LogP contribution in [-0.4, -0.2) is 40.3 Å². The maximum atomic E-state index is 12.1. The topological polar surface area (TPSA) is 67.1 Å². The molecule has 0 radical (unpaired) electrons. The number of aliphatic imine (C=N–C) groups is 1. The first-order chi connectivity index (χ1) is 11.4. The third kappa shape index (κ3) is 6.88. The van der Waals surface area contributed by atoms with Gasteiger partial charge >= 0.3 is 6.18 Å². The predicted molar refractivity (Wildman–Crippen MR) is 100 cm³/mol. The largest absolute Gasteiger partial charge is 0.390 e. The lowest BCUT2D eigenvalue weighted by Gasteiger charge is -2.13. The number of hydrogen-bond acceptors (Lipinski definition) is 3. The highest BCUT2D eigenvalue weighted by Gasteiger charge is 2.26. The molecule has 2 N–H and O–H groups in total. The third-order valence-corrected chi connectivity index (χ3v) is 3.27. The molecule has 2 rings (SSSR count). The second kappa shape index (κ2) is 9.59. The second-order valence-electron chi connectivity index (χ2n) is 5.09. The number of alkyl halides is 3. The maximum Gasteiger partial charge on any atom is 0.390 e. The molecule has 0 aliphatic carbocycles. The molecule has 0 spiro atoms. The molecule has 2 aromatic heterocycles. The molecule has 6 nitrogen and oxygen atoms in total. The minimum Gasteiger partial charge on any atom is -0.356 e. The average Bonchev–Trinajstić information content (AvgIpc) is 2.96. The Morgan fingerprint density at radius 1 is 1.24 bits per heavy atom. The van der Waals surface area contributed by atoms with Crippen molar-refractivity contribution in [2.45, 2.75) is 26.1 Å². The summed E-state index contributed by atoms with van der Waals surface area (Å²) in [5, 5.41) is 5.57. The van der Waals surface area contributed by atoms with Crippen LogP contribution >= 0.6 is 24.0 Å². The van der Waals surface area contributed by atoms with E-state index in [4.69, 9.17) is 0 Å². The normalized spacial score (nSPS) is 11.8. The molecule has 138 valence electrons. The fourth-order valence-corrected chi connectivity index (χ4v) is 2.01. The highest BCUT2D eigenvalue weighted by atomic mass is 127. The average molecular weight is 468 g/mol. The van der Waals surface area contributed by atoms with Crippen LogP contribution in [-0.2, 0) is 6.54 Å². The number of nitrogens with zero attached hydrogens (tertiary/aromatic N) is 4. The molecule has 2 heterocycles. The van der Waals surface area contributed by atoms with E-state index in [2.05, 4.69) is 25.6 Å². The van der Waals surface area contributed by atoms with Crippen LogP contribution in [0.4, 0.5) is 13.2 Å². The van der Waals surface area contributed by atoms with Crippen LogP contribution < -0.4 is 10.6 Å². The number of aryl methyl sites for hydroxylation is 1. The quantitative estimate of drug-likeness (QED) is 0.403. The van der Waals surface area contributed by atoms with Crippen LogP contribution in [0.25, 0.3) is 5.82 Å². The SMILES string of the molecule is CN=C(NCCC(F)(F)F)NCc1ccc(-n2ccnc2C)nc1.I. The van der Waals surface area contributed by atoms with Gasteiger partial charge in [-0.05, 0) is 18.6 Å². The summed E-state index contributed by atoms with van der Waals surface area (Å²) in [4.78, 5) is 12.4. The summed E-state index contributed by atoms with van der Waals surface area (Å²) in [6.07, 6.45) is 0.126. The second-order valence-corrected chi connectivity index (χ2v) is 5.09. The number of nitrogens with one attached hydrogen (secondary N) is 2. The van der Waals surface area contributed by atoms with Gasteiger partial charge in [0, 0.05) is 38.7 Å². The Morgan fingerprint density at radius 3 is 2.52 bits per heavy atom. The van der Waals surface area contributed by atoms with Crippen LogP contribution in [0, 0.1) is 6.92 Å². The fourth-order valence-electron chi connectivity index (χ4n) is 2.01. The van der Waals surface area contributed by atoms with Crippen LogP contribution in [0.5, 0.6) is 0 Å². The zero-order valence-corrected chi connectivity index (χ0v) is 16.2. The van der Waals surface area contributed by atoms with E-state index in [9.17, 15) is 13.2 Å². The molecule has 0 aliphatic rings. The van der Waals surface area contributed by atoms with Crippen LogP contribution in [0.15, 0.2) is 35.7 Å². The molecule has 0 saturated heterocycles. The summed E-state index contributed by atoms with van der Waals surface area (Å²) in [5.41, 5.74) is 0.885. The summed E-state index contributed by atoms with van der Waals surface area (Å²) in [6.45, 7) is 2.07. The Bertz CT molecular complexity index is 681. The first-order valence-electron chi connectivity index (χ1n) is 7.35. The van der Waals surface area contributed by atoms with Gasteiger partial charge in [-0.3, -0.25) is 9.56 Å². The van der Waals surface area contributed by atoms with Gasteiger partial charge in [-0.2, -0.15) is 13.2 Å². The van der Waals surface area contributed by atoms with Crippen molar-refractivity contribution in [3.05, 3.63) is 42.1 Å². The number of aromatic nitrogens is 3. The van der Waals surface area contributed by atoms with Gasteiger partial charge in [0.15, 0.2) is 5.96 Å². The molecule has 0 bridgehead atoms. The van der Waals surface area contributed by atoms with Crippen LogP contribution in [0.2, 0.25) is 0 Å². The smallest absolute Gasteiger partial charge is 0.356 e. The van der Waals surface area contributed by atoms with Crippen molar-refractivity contribution in [1.82, 2.24) is 25.2 Å². The van der Waals surface area contributed by atoms with Gasteiger partial charge in [-0.1, -0.05) is 6.07 Å². The lowest BCUT2D eigenvalue weighted by molar-refractivity contribution is -0.132. The summed E-state index contributed by atoms with van der Waals surface area (Å²) in [7, 11) is 1.51. The summed E-state index contributed by atoms with van der Waals surface area (Å²) < 4.78 is 38.2. The Balaban J connectivity index is 0.00000312. The van der Waals surface area contributed by atoms with Crippen molar-refractivity contribution in [3.63, 3.8) is 0 Å². The molecule has 0 amide bonds. The van der Waals surface area contributed by atoms with Crippen molar-refractivity contribution in [2.24, 2.45) is 4.99 Å². The van der Waals surface area contributed by atoms with Gasteiger partial charge in [-0.25, -0.2) is 9.97 Å². The maximum absolute atomic E-state index is 12.1. The Morgan fingerprint density at radius 2 is 2.00 bits per heavy atom. The van der Waals surface area contributed by atoms with Crippen molar-refractivity contribution in [3.8, 4) is 5.82 Å². The van der Waals surface area contributed by atoms with E-state index >= 15 is 0 Å². The van der Waals surface area contributed by atoms with Gasteiger partial charge in [0.05, 0.1) is 6.42 Å². The molecule has 0 aliphatic heterocycles. The molecular formula is C15H20F3IN6. The Kier molecular flexibility index (Phi) is 8.13. The van der Waals surface area contributed by atoms with E-state index in [1.54, 1.807) is 12.4 Å². The molecule has 10 heteroatoms. The van der Waals surface area contributed by atoms with Crippen molar-refractivity contribution in [2.75, 3.05) is 13.6 Å². The van der Waals surface area contributed by atoms with E-state index < -0.39 is 12.6 Å². The van der Waals surface area contributed by atoms with Crippen molar-refractivity contribution < 1.29 is 13.2 Å². The summed E-state index contributed by atoms with van der Waals surface area (Å²) in [5.74, 6) is 1.90. The van der Waals surface area contributed by atoms with Crippen molar-refractivity contribution >= 4 is 29.9 Å². The van der Waals surface area contributed by atoms with Crippen molar-refractivity contribution in [1.29, 1.82) is 0 Å². The minimum absolute atomic E-state index is 0. The highest BCUT2D eigenvalue weighted by molar-refractivity contribution is 14.0. The number of rotatable bonds is 5. The number of imidazole rings is 1. The summed E-state index contributed by atoms with van der Waals surface area (Å²) >= 11 is 0. The standard InChI is InChI=1S/C15H19F3N6.HI/c1-11-20-7-8-24(11)13-4-3-12(9-22-13)10-23-14(19-2)21-6-5-15(16,17)18;/h3-4,7-9H,5-6,10H2,1-2H3,(H2,19,21,23);1H. The summed E-state index contributed by atoms with van der Waals surface area (Å²) in [6, 6.07) is 3.74. The molecule has 0 fully saturated rings. The van der Waals surface area contributed by atoms with Gasteiger partial charge in [0.25, 0.3) is 0 Å². The zero-order chi connectivity index (χ0) is 17.6. The molecular weight excluding hydrogens is 448 g/mol. The number of guanidine groups is 1. The van der Waals surface area contributed by atoms with E-state index in [-0.39, 0.29) is 30.5 Å². The third-order valence-electron chi connectivity index (χ3n) is 3.27. The van der Waals surface area contributed by atoms with Gasteiger partial charge in [0.2, 0.25) is 0 Å². The zero-order valence-electron chi connectivity index (χ0n) is 13.8. The monoisotopic (exact) mass is 468 g/mol. The highest BCUT2D eigenvalue weighted by Crippen LogP contribution is 2.18. The minimum atomic E-state index is -4.18. The number of hydrogen-bond donors (Lipinski definition) is 2. The molecule has 0 aromatic carbocycles. The van der Waals surface area contributed by atoms with Gasteiger partial charge < -0.3 is 10.6 Å². The van der Waals surface area contributed by atoms with E-state index in [0.717, 1.165) is 17.2 Å². The van der Waals surface area contributed by atoms with Gasteiger partial charge in [-0.15, -0.1) is 24.0 Å². The predicted octanol–water partition coefficient (Wildman–Crippen LogP) is 2.81. The van der Waals surface area contributed by atoms with Gasteiger partial charge in [0.1, 0.15) is 11.6 Å². The molecule has 0 saturated carbocycles. The lowest BCUT2D eigenvalue weighted by atomic mass is 10.3. The van der Waals surface area contributed by atoms with Crippen LogP contribution in [0.3, 0.4) is 0 Å². The first-order valence-corrected chi connectivity index (χ1v) is 7.35. The number of halogens is 4. The lowest BCUT2D eigenvalue weighted by Crippen LogP contribution is -2.38.